The lowest BCUT2D eigenvalue weighted by atomic mass is 9.93. The monoisotopic (exact) mass is 689 g/mol. The number of nitrogens with zero attached hydrogens (tertiary/aromatic N) is 1. The van der Waals surface area contributed by atoms with E-state index in [4.69, 9.17) is 4.42 Å². The summed E-state index contributed by atoms with van der Waals surface area (Å²) in [4.78, 5) is 2.35. The predicted molar refractivity (Wildman–Crippen MR) is 228 cm³/mol. The van der Waals surface area contributed by atoms with E-state index in [0.717, 1.165) is 50.5 Å². The van der Waals surface area contributed by atoms with E-state index in [-0.39, 0.29) is 0 Å². The molecule has 254 valence electrons. The highest BCUT2D eigenvalue weighted by atomic mass is 16.3. The summed E-state index contributed by atoms with van der Waals surface area (Å²) in [7, 11) is 0. The number of para-hydroxylation sites is 1. The second-order valence-corrected chi connectivity index (χ2v) is 13.7. The van der Waals surface area contributed by atoms with Crippen molar-refractivity contribution in [2.75, 3.05) is 4.90 Å². The van der Waals surface area contributed by atoms with Crippen LogP contribution >= 0.6 is 0 Å². The molecule has 0 aliphatic heterocycles. The van der Waals surface area contributed by atoms with E-state index in [2.05, 4.69) is 199 Å². The summed E-state index contributed by atoms with van der Waals surface area (Å²) < 4.78 is 6.32. The highest BCUT2D eigenvalue weighted by Crippen LogP contribution is 2.41. The predicted octanol–water partition coefficient (Wildman–Crippen LogP) is 14.9. The molecular weight excluding hydrogens is 655 g/mol. The molecule has 2 nitrogen and oxygen atoms in total. The Morgan fingerprint density at radius 3 is 1.61 bits per heavy atom. The van der Waals surface area contributed by atoms with Gasteiger partial charge in [0.2, 0.25) is 0 Å². The van der Waals surface area contributed by atoms with Crippen molar-refractivity contribution in [2.45, 2.75) is 0 Å². The van der Waals surface area contributed by atoms with E-state index < -0.39 is 0 Å². The van der Waals surface area contributed by atoms with Crippen molar-refractivity contribution in [2.24, 2.45) is 0 Å². The molecule has 0 unspecified atom stereocenters. The number of hydrogen-bond acceptors (Lipinski definition) is 2. The van der Waals surface area contributed by atoms with Gasteiger partial charge in [-0.05, 0) is 110 Å². The van der Waals surface area contributed by atoms with Crippen LogP contribution in [0, 0.1) is 0 Å². The van der Waals surface area contributed by atoms with Gasteiger partial charge in [-0.2, -0.15) is 0 Å². The fourth-order valence-electron chi connectivity index (χ4n) is 7.84. The molecule has 54 heavy (non-hydrogen) atoms. The Balaban J connectivity index is 1.07. The molecule has 9 aromatic carbocycles. The van der Waals surface area contributed by atoms with Crippen molar-refractivity contribution in [3.8, 4) is 44.7 Å². The highest BCUT2D eigenvalue weighted by molar-refractivity contribution is 6.13. The molecule has 0 amide bonds. The minimum atomic E-state index is 0.870. The van der Waals surface area contributed by atoms with Crippen LogP contribution in [0.25, 0.3) is 77.2 Å². The molecule has 10 aromatic rings. The van der Waals surface area contributed by atoms with Gasteiger partial charge in [-0.25, -0.2) is 0 Å². The largest absolute Gasteiger partial charge is 0.456 e. The molecule has 2 heteroatoms. The van der Waals surface area contributed by atoms with Crippen LogP contribution in [0.4, 0.5) is 17.1 Å². The van der Waals surface area contributed by atoms with E-state index >= 15 is 0 Å². The number of hydrogen-bond donors (Lipinski definition) is 0. The molecule has 0 fully saturated rings. The van der Waals surface area contributed by atoms with Gasteiger partial charge < -0.3 is 9.32 Å². The minimum absolute atomic E-state index is 0.870. The molecule has 10 rings (SSSR count). The quantitative estimate of drug-likeness (QED) is 0.155. The van der Waals surface area contributed by atoms with Gasteiger partial charge in [0, 0.05) is 28.0 Å². The minimum Gasteiger partial charge on any atom is -0.456 e. The fourth-order valence-corrected chi connectivity index (χ4v) is 7.84. The van der Waals surface area contributed by atoms with Crippen molar-refractivity contribution < 1.29 is 4.42 Å². The van der Waals surface area contributed by atoms with E-state index in [0.29, 0.717) is 0 Å². The number of benzene rings is 9. The first-order chi connectivity index (χ1) is 26.8. The standard InChI is InChI=1S/C52H35NO/c1-2-13-36(14-3-1)39-17-12-18-44(33-39)53(43-31-27-38(28-32-43)50-34-40-15-4-6-20-46(40)47-21-8-9-22-48(47)50)42-29-25-37(26-30-42)45-19-7-10-23-49(45)52-35-41-16-5-11-24-51(41)54-52/h1-35H. The molecule has 0 radical (unpaired) electrons. The van der Waals surface area contributed by atoms with Gasteiger partial charge in [-0.1, -0.05) is 158 Å². The first-order valence-corrected chi connectivity index (χ1v) is 18.4. The molecule has 0 aliphatic rings. The lowest BCUT2D eigenvalue weighted by Gasteiger charge is -2.26. The van der Waals surface area contributed by atoms with Crippen molar-refractivity contribution in [3.05, 3.63) is 212 Å². The van der Waals surface area contributed by atoms with Crippen LogP contribution in [0.3, 0.4) is 0 Å². The third kappa shape index (κ3) is 5.71. The smallest absolute Gasteiger partial charge is 0.136 e. The number of furan rings is 1. The van der Waals surface area contributed by atoms with Gasteiger partial charge in [0.1, 0.15) is 11.3 Å². The van der Waals surface area contributed by atoms with Crippen LogP contribution in [-0.2, 0) is 0 Å². The summed E-state index contributed by atoms with van der Waals surface area (Å²) >= 11 is 0. The molecular formula is C52H35NO. The average molecular weight is 690 g/mol. The summed E-state index contributed by atoms with van der Waals surface area (Å²) in [6.07, 6.45) is 0. The summed E-state index contributed by atoms with van der Waals surface area (Å²) in [6, 6.07) is 75.8. The third-order valence-corrected chi connectivity index (χ3v) is 10.5. The topological polar surface area (TPSA) is 16.4 Å². The van der Waals surface area contributed by atoms with Gasteiger partial charge >= 0.3 is 0 Å². The Bertz CT molecular complexity index is 2890. The third-order valence-electron chi connectivity index (χ3n) is 10.5. The summed E-state index contributed by atoms with van der Waals surface area (Å²) in [5.74, 6) is 0.870. The van der Waals surface area contributed by atoms with Crippen molar-refractivity contribution >= 4 is 49.6 Å². The van der Waals surface area contributed by atoms with Crippen LogP contribution in [0.15, 0.2) is 217 Å². The van der Waals surface area contributed by atoms with Gasteiger partial charge in [0.05, 0.1) is 0 Å². The van der Waals surface area contributed by atoms with Gasteiger partial charge in [-0.3, -0.25) is 0 Å². The molecule has 0 bridgehead atoms. The van der Waals surface area contributed by atoms with Crippen molar-refractivity contribution in [3.63, 3.8) is 0 Å². The molecule has 0 N–H and O–H groups in total. The van der Waals surface area contributed by atoms with Crippen LogP contribution in [0.2, 0.25) is 0 Å². The zero-order chi connectivity index (χ0) is 35.8. The Hall–Kier alpha value is -7.16. The maximum absolute atomic E-state index is 6.32. The molecule has 0 spiro atoms. The molecule has 0 saturated carbocycles. The first kappa shape index (κ1) is 31.6. The second kappa shape index (κ2) is 13.4. The average Bonchev–Trinajstić information content (AvgIpc) is 3.69. The number of fused-ring (bicyclic) bond motifs is 4. The maximum atomic E-state index is 6.32. The van der Waals surface area contributed by atoms with Gasteiger partial charge in [0.25, 0.3) is 0 Å². The Morgan fingerprint density at radius 1 is 0.296 bits per heavy atom. The second-order valence-electron chi connectivity index (χ2n) is 13.7. The van der Waals surface area contributed by atoms with Gasteiger partial charge in [-0.15, -0.1) is 0 Å². The summed E-state index contributed by atoms with van der Waals surface area (Å²) in [6.45, 7) is 0. The Morgan fingerprint density at radius 2 is 0.870 bits per heavy atom. The first-order valence-electron chi connectivity index (χ1n) is 18.4. The van der Waals surface area contributed by atoms with Crippen molar-refractivity contribution in [1.29, 1.82) is 0 Å². The maximum Gasteiger partial charge on any atom is 0.136 e. The Labute approximate surface area is 314 Å². The molecule has 1 heterocycles. The van der Waals surface area contributed by atoms with Crippen LogP contribution in [0.5, 0.6) is 0 Å². The normalized spacial score (nSPS) is 11.3. The van der Waals surface area contributed by atoms with E-state index in [1.807, 2.05) is 18.2 Å². The summed E-state index contributed by atoms with van der Waals surface area (Å²) in [5, 5.41) is 6.16. The van der Waals surface area contributed by atoms with Crippen LogP contribution in [-0.4, -0.2) is 0 Å². The molecule has 0 saturated heterocycles. The van der Waals surface area contributed by atoms with Crippen LogP contribution in [0.1, 0.15) is 0 Å². The number of rotatable bonds is 7. The van der Waals surface area contributed by atoms with E-state index in [1.54, 1.807) is 0 Å². The lowest BCUT2D eigenvalue weighted by molar-refractivity contribution is 0.632. The zero-order valence-corrected chi connectivity index (χ0v) is 29.6. The molecule has 1 aromatic heterocycles. The lowest BCUT2D eigenvalue weighted by Crippen LogP contribution is -2.10. The molecule has 0 aliphatic carbocycles. The zero-order valence-electron chi connectivity index (χ0n) is 29.6. The highest BCUT2D eigenvalue weighted by Gasteiger charge is 2.17. The van der Waals surface area contributed by atoms with Crippen LogP contribution < -0.4 is 4.90 Å². The molecule has 0 atom stereocenters. The van der Waals surface area contributed by atoms with E-state index in [1.165, 1.54) is 43.8 Å². The van der Waals surface area contributed by atoms with E-state index in [9.17, 15) is 0 Å². The van der Waals surface area contributed by atoms with Gasteiger partial charge in [0.15, 0.2) is 0 Å². The Kier molecular flexibility index (Phi) is 7.85. The number of anilines is 3. The van der Waals surface area contributed by atoms with Crippen molar-refractivity contribution in [1.82, 2.24) is 0 Å². The fraction of sp³-hybridized carbons (Fsp3) is 0. The summed E-state index contributed by atoms with van der Waals surface area (Å²) in [5.41, 5.74) is 12.3. The SMILES string of the molecule is c1ccc(-c2cccc(N(c3ccc(-c4ccccc4-c4cc5ccccc5o4)cc3)c3ccc(-c4cc5ccccc5c5ccccc45)cc3)c2)cc1.